The van der Waals surface area contributed by atoms with E-state index in [0.717, 1.165) is 13.2 Å². The zero-order chi connectivity index (χ0) is 10.9. The van der Waals surface area contributed by atoms with Crippen LogP contribution < -0.4 is 5.32 Å². The van der Waals surface area contributed by atoms with Gasteiger partial charge in [0.05, 0.1) is 19.1 Å². The standard InChI is InChI=1S/C12H21NO2/c1-3-4-5-12(10-14-2)13-8-11-6-7-15-9-11/h6-7,9,12-13H,3-5,8,10H2,1-2H3. The second-order valence-corrected chi connectivity index (χ2v) is 3.81. The van der Waals surface area contributed by atoms with Gasteiger partial charge in [-0.15, -0.1) is 0 Å². The van der Waals surface area contributed by atoms with Crippen LogP contribution in [0.1, 0.15) is 31.7 Å². The first-order chi connectivity index (χ1) is 7.36. The Morgan fingerprint density at radius 1 is 1.53 bits per heavy atom. The Labute approximate surface area is 91.8 Å². The topological polar surface area (TPSA) is 34.4 Å². The van der Waals surface area contributed by atoms with E-state index in [1.165, 1.54) is 24.8 Å². The van der Waals surface area contributed by atoms with Gasteiger partial charge in [-0.2, -0.15) is 0 Å². The molecular weight excluding hydrogens is 190 g/mol. The first kappa shape index (κ1) is 12.3. The maximum Gasteiger partial charge on any atom is 0.0947 e. The number of hydrogen-bond acceptors (Lipinski definition) is 3. The zero-order valence-corrected chi connectivity index (χ0v) is 9.66. The third kappa shape index (κ3) is 5.00. The van der Waals surface area contributed by atoms with Crippen LogP contribution in [-0.2, 0) is 11.3 Å². The van der Waals surface area contributed by atoms with E-state index in [1.54, 1.807) is 19.6 Å². The molecule has 1 aromatic heterocycles. The summed E-state index contributed by atoms with van der Waals surface area (Å²) in [6.07, 6.45) is 7.12. The molecule has 1 aromatic rings. The van der Waals surface area contributed by atoms with Crippen molar-refractivity contribution in [2.24, 2.45) is 0 Å². The van der Waals surface area contributed by atoms with Gasteiger partial charge < -0.3 is 14.5 Å². The maximum absolute atomic E-state index is 5.18. The highest BCUT2D eigenvalue weighted by Crippen LogP contribution is 2.04. The highest BCUT2D eigenvalue weighted by molar-refractivity contribution is 5.04. The molecule has 1 heterocycles. The fraction of sp³-hybridized carbons (Fsp3) is 0.667. The molecule has 0 fully saturated rings. The molecule has 3 heteroatoms. The molecule has 0 amide bonds. The smallest absolute Gasteiger partial charge is 0.0947 e. The minimum Gasteiger partial charge on any atom is -0.472 e. The first-order valence-corrected chi connectivity index (χ1v) is 5.60. The van der Waals surface area contributed by atoms with Gasteiger partial charge in [0.2, 0.25) is 0 Å². The Kier molecular flexibility index (Phi) is 6.12. The number of furan rings is 1. The largest absolute Gasteiger partial charge is 0.472 e. The first-order valence-electron chi connectivity index (χ1n) is 5.60. The maximum atomic E-state index is 5.18. The number of hydrogen-bond donors (Lipinski definition) is 1. The number of unbranched alkanes of at least 4 members (excludes halogenated alkanes) is 1. The summed E-state index contributed by atoms with van der Waals surface area (Å²) in [5, 5.41) is 3.47. The molecule has 86 valence electrons. The van der Waals surface area contributed by atoms with Crippen LogP contribution >= 0.6 is 0 Å². The molecule has 1 atom stereocenters. The Bertz CT molecular complexity index is 234. The summed E-state index contributed by atoms with van der Waals surface area (Å²) in [6.45, 7) is 3.84. The van der Waals surface area contributed by atoms with Crippen LogP contribution in [0, 0.1) is 0 Å². The van der Waals surface area contributed by atoms with Crippen molar-refractivity contribution < 1.29 is 9.15 Å². The molecule has 0 bridgehead atoms. The fourth-order valence-electron chi connectivity index (χ4n) is 1.55. The molecule has 0 radical (unpaired) electrons. The molecule has 0 aliphatic rings. The van der Waals surface area contributed by atoms with E-state index in [9.17, 15) is 0 Å². The summed E-state index contributed by atoms with van der Waals surface area (Å²) in [6, 6.07) is 2.43. The van der Waals surface area contributed by atoms with Crippen LogP contribution in [0.2, 0.25) is 0 Å². The average molecular weight is 211 g/mol. The summed E-state index contributed by atoms with van der Waals surface area (Å²) in [5.41, 5.74) is 1.19. The SMILES string of the molecule is CCCCC(COC)NCc1ccoc1. The summed E-state index contributed by atoms with van der Waals surface area (Å²) in [5.74, 6) is 0. The molecule has 0 aliphatic carbocycles. The molecule has 3 nitrogen and oxygen atoms in total. The summed E-state index contributed by atoms with van der Waals surface area (Å²) in [7, 11) is 1.75. The highest BCUT2D eigenvalue weighted by atomic mass is 16.5. The van der Waals surface area contributed by atoms with E-state index in [1.807, 2.05) is 6.07 Å². The lowest BCUT2D eigenvalue weighted by Crippen LogP contribution is -2.32. The van der Waals surface area contributed by atoms with E-state index in [2.05, 4.69) is 12.2 Å². The monoisotopic (exact) mass is 211 g/mol. The van der Waals surface area contributed by atoms with Crippen LogP contribution in [0.25, 0.3) is 0 Å². The van der Waals surface area contributed by atoms with Crippen molar-refractivity contribution in [1.82, 2.24) is 5.32 Å². The van der Waals surface area contributed by atoms with E-state index in [-0.39, 0.29) is 0 Å². The van der Waals surface area contributed by atoms with Crippen LogP contribution in [0.5, 0.6) is 0 Å². The summed E-state index contributed by atoms with van der Waals surface area (Å²) < 4.78 is 10.2. The van der Waals surface area contributed by atoms with Crippen molar-refractivity contribution in [2.75, 3.05) is 13.7 Å². The molecule has 15 heavy (non-hydrogen) atoms. The van der Waals surface area contributed by atoms with Gasteiger partial charge in [0.25, 0.3) is 0 Å². The predicted octanol–water partition coefficient (Wildman–Crippen LogP) is 2.57. The number of methoxy groups -OCH3 is 1. The van der Waals surface area contributed by atoms with Crippen molar-refractivity contribution in [3.8, 4) is 0 Å². The minimum atomic E-state index is 0.449. The van der Waals surface area contributed by atoms with Crippen LogP contribution in [-0.4, -0.2) is 19.8 Å². The summed E-state index contributed by atoms with van der Waals surface area (Å²) in [4.78, 5) is 0. The highest BCUT2D eigenvalue weighted by Gasteiger charge is 2.07. The Morgan fingerprint density at radius 3 is 3.00 bits per heavy atom. The second-order valence-electron chi connectivity index (χ2n) is 3.81. The average Bonchev–Trinajstić information content (AvgIpc) is 2.75. The lowest BCUT2D eigenvalue weighted by molar-refractivity contribution is 0.160. The van der Waals surface area contributed by atoms with Gasteiger partial charge in [-0.05, 0) is 12.5 Å². The number of ether oxygens (including phenoxy) is 1. The van der Waals surface area contributed by atoms with Crippen LogP contribution in [0.15, 0.2) is 23.0 Å². The molecule has 1 N–H and O–H groups in total. The molecule has 0 saturated heterocycles. The van der Waals surface area contributed by atoms with Crippen molar-refractivity contribution in [3.05, 3.63) is 24.2 Å². The predicted molar refractivity (Wildman–Crippen MR) is 60.7 cm³/mol. The van der Waals surface area contributed by atoms with E-state index in [4.69, 9.17) is 9.15 Å². The number of nitrogens with one attached hydrogen (secondary N) is 1. The number of rotatable bonds is 8. The molecule has 0 aliphatic heterocycles. The Balaban J connectivity index is 2.24. The molecule has 0 saturated carbocycles. The molecule has 0 aromatic carbocycles. The molecule has 1 rings (SSSR count). The van der Waals surface area contributed by atoms with Gasteiger partial charge in [-0.25, -0.2) is 0 Å². The second kappa shape index (κ2) is 7.49. The third-order valence-corrected chi connectivity index (χ3v) is 2.45. The van der Waals surface area contributed by atoms with Gasteiger partial charge in [0.15, 0.2) is 0 Å². The van der Waals surface area contributed by atoms with Gasteiger partial charge in [0.1, 0.15) is 0 Å². The third-order valence-electron chi connectivity index (χ3n) is 2.45. The lowest BCUT2D eigenvalue weighted by Gasteiger charge is -2.16. The lowest BCUT2D eigenvalue weighted by atomic mass is 10.1. The molecule has 0 spiro atoms. The van der Waals surface area contributed by atoms with Crippen molar-refractivity contribution in [3.63, 3.8) is 0 Å². The van der Waals surface area contributed by atoms with Gasteiger partial charge in [0, 0.05) is 25.3 Å². The van der Waals surface area contributed by atoms with Crippen molar-refractivity contribution >= 4 is 0 Å². The fourth-order valence-corrected chi connectivity index (χ4v) is 1.55. The normalized spacial score (nSPS) is 12.9. The minimum absolute atomic E-state index is 0.449. The van der Waals surface area contributed by atoms with E-state index in [0.29, 0.717) is 6.04 Å². The van der Waals surface area contributed by atoms with E-state index < -0.39 is 0 Å². The summed E-state index contributed by atoms with van der Waals surface area (Å²) >= 11 is 0. The molecular formula is C12H21NO2. The zero-order valence-electron chi connectivity index (χ0n) is 9.66. The van der Waals surface area contributed by atoms with Gasteiger partial charge in [-0.3, -0.25) is 0 Å². The van der Waals surface area contributed by atoms with Crippen LogP contribution in [0.4, 0.5) is 0 Å². The Morgan fingerprint density at radius 2 is 2.40 bits per heavy atom. The van der Waals surface area contributed by atoms with Crippen molar-refractivity contribution in [2.45, 2.75) is 38.8 Å². The van der Waals surface area contributed by atoms with Gasteiger partial charge >= 0.3 is 0 Å². The van der Waals surface area contributed by atoms with Crippen LogP contribution in [0.3, 0.4) is 0 Å². The quantitative estimate of drug-likeness (QED) is 0.717. The Hall–Kier alpha value is -0.800. The molecule has 1 unspecified atom stereocenters. The van der Waals surface area contributed by atoms with Gasteiger partial charge in [-0.1, -0.05) is 19.8 Å². The van der Waals surface area contributed by atoms with E-state index >= 15 is 0 Å². The van der Waals surface area contributed by atoms with Crippen molar-refractivity contribution in [1.29, 1.82) is 0 Å².